The lowest BCUT2D eigenvalue weighted by molar-refractivity contribution is -0.114. The largest absolute Gasteiger partial charge is 0.294 e. The van der Waals surface area contributed by atoms with E-state index in [2.05, 4.69) is 40.3 Å². The van der Waals surface area contributed by atoms with Crippen molar-refractivity contribution in [3.8, 4) is 0 Å². The Balaban J connectivity index is 3.05. The fourth-order valence-electron chi connectivity index (χ4n) is 1.57. The van der Waals surface area contributed by atoms with Gasteiger partial charge in [0, 0.05) is 12.0 Å². The summed E-state index contributed by atoms with van der Waals surface area (Å²) in [6.45, 7) is 12.4. The van der Waals surface area contributed by atoms with E-state index in [1.54, 1.807) is 6.08 Å². The monoisotopic (exact) mass is 204 g/mol. The van der Waals surface area contributed by atoms with Crippen LogP contribution in [0.5, 0.6) is 0 Å². The first-order valence-corrected chi connectivity index (χ1v) is 5.44. The second-order valence-electron chi connectivity index (χ2n) is 5.14. The van der Waals surface area contributed by atoms with Crippen LogP contribution >= 0.6 is 0 Å². The van der Waals surface area contributed by atoms with E-state index in [0.717, 1.165) is 17.6 Å². The lowest BCUT2D eigenvalue weighted by Crippen LogP contribution is -2.06. The van der Waals surface area contributed by atoms with Crippen LogP contribution in [0.25, 0.3) is 0 Å². The Morgan fingerprint density at radius 2 is 1.93 bits per heavy atom. The van der Waals surface area contributed by atoms with Crippen molar-refractivity contribution >= 4 is 5.78 Å². The first-order chi connectivity index (χ1) is 6.86. The zero-order valence-electron chi connectivity index (χ0n) is 10.2. The van der Waals surface area contributed by atoms with E-state index >= 15 is 0 Å². The van der Waals surface area contributed by atoms with Crippen molar-refractivity contribution in [3.63, 3.8) is 0 Å². The summed E-state index contributed by atoms with van der Waals surface area (Å²) in [6.07, 6.45) is 5.36. The fraction of sp³-hybridized carbons (Fsp3) is 0.500. The molecule has 15 heavy (non-hydrogen) atoms. The molecule has 0 aromatic carbocycles. The molecule has 82 valence electrons. The molecule has 0 saturated carbocycles. The van der Waals surface area contributed by atoms with Gasteiger partial charge in [-0.2, -0.15) is 0 Å². The highest BCUT2D eigenvalue weighted by atomic mass is 16.1. The molecular formula is C14H20O. The number of carbonyl (C=O) groups is 1. The van der Waals surface area contributed by atoms with Crippen molar-refractivity contribution in [2.75, 3.05) is 0 Å². The van der Waals surface area contributed by atoms with Gasteiger partial charge in [-0.05, 0) is 24.3 Å². The predicted octanol–water partition coefficient (Wildman–Crippen LogP) is 3.82. The molecule has 0 aromatic rings. The van der Waals surface area contributed by atoms with Crippen molar-refractivity contribution in [2.45, 2.75) is 40.5 Å². The second-order valence-corrected chi connectivity index (χ2v) is 5.14. The molecular weight excluding hydrogens is 184 g/mol. The Bertz CT molecular complexity index is 348. The molecule has 0 unspecified atom stereocenters. The van der Waals surface area contributed by atoms with Gasteiger partial charge >= 0.3 is 0 Å². The third kappa shape index (κ3) is 2.68. The maximum Gasteiger partial charge on any atom is 0.163 e. The van der Waals surface area contributed by atoms with Crippen LogP contribution in [-0.4, -0.2) is 5.78 Å². The molecule has 0 N–H and O–H groups in total. The van der Waals surface area contributed by atoms with E-state index in [9.17, 15) is 4.79 Å². The molecule has 1 aliphatic rings. The van der Waals surface area contributed by atoms with E-state index < -0.39 is 0 Å². The highest BCUT2D eigenvalue weighted by Crippen LogP contribution is 2.30. The maximum absolute atomic E-state index is 11.5. The van der Waals surface area contributed by atoms with Crippen molar-refractivity contribution in [2.24, 2.45) is 5.41 Å². The summed E-state index contributed by atoms with van der Waals surface area (Å²) >= 11 is 0. The van der Waals surface area contributed by atoms with Gasteiger partial charge < -0.3 is 0 Å². The summed E-state index contributed by atoms with van der Waals surface area (Å²) in [5, 5.41) is 0. The number of carbonyl (C=O) groups excluding carboxylic acids is 1. The molecule has 0 bridgehead atoms. The Morgan fingerprint density at radius 1 is 1.33 bits per heavy atom. The van der Waals surface area contributed by atoms with Crippen LogP contribution < -0.4 is 0 Å². The average molecular weight is 204 g/mol. The summed E-state index contributed by atoms with van der Waals surface area (Å²) in [4.78, 5) is 11.5. The van der Waals surface area contributed by atoms with Crippen LogP contribution in [0.4, 0.5) is 0 Å². The van der Waals surface area contributed by atoms with Gasteiger partial charge in [-0.3, -0.25) is 4.79 Å². The van der Waals surface area contributed by atoms with Gasteiger partial charge in [-0.15, -0.1) is 0 Å². The highest BCUT2D eigenvalue weighted by Gasteiger charge is 2.20. The minimum atomic E-state index is 0.172. The molecule has 1 rings (SSSR count). The molecule has 0 radical (unpaired) electrons. The Hall–Kier alpha value is -1.11. The molecule has 0 heterocycles. The van der Waals surface area contributed by atoms with Crippen molar-refractivity contribution in [3.05, 3.63) is 35.5 Å². The third-order valence-corrected chi connectivity index (χ3v) is 3.05. The number of ketones is 1. The smallest absolute Gasteiger partial charge is 0.163 e. The molecule has 1 heteroatoms. The summed E-state index contributed by atoms with van der Waals surface area (Å²) in [7, 11) is 0. The Labute approximate surface area is 92.6 Å². The van der Waals surface area contributed by atoms with E-state index in [-0.39, 0.29) is 11.2 Å². The number of rotatable bonds is 2. The number of Topliss-reactive ketones (excluding diaryl/α,β-unsaturated/α-hetero) is 1. The molecule has 0 spiro atoms. The predicted molar refractivity (Wildman–Crippen MR) is 64.7 cm³/mol. The molecule has 0 saturated heterocycles. The minimum absolute atomic E-state index is 0.172. The van der Waals surface area contributed by atoms with Crippen LogP contribution in [-0.2, 0) is 4.79 Å². The van der Waals surface area contributed by atoms with Gasteiger partial charge in [0.2, 0.25) is 0 Å². The first kappa shape index (κ1) is 12.0. The summed E-state index contributed by atoms with van der Waals surface area (Å²) in [5.74, 6) is 0.234. The molecule has 1 aliphatic carbocycles. The molecule has 1 nitrogen and oxygen atoms in total. The van der Waals surface area contributed by atoms with Crippen molar-refractivity contribution in [1.82, 2.24) is 0 Å². The lowest BCUT2D eigenvalue weighted by Gasteiger charge is -2.19. The molecule has 0 amide bonds. The van der Waals surface area contributed by atoms with Crippen LogP contribution in [0.2, 0.25) is 0 Å². The third-order valence-electron chi connectivity index (χ3n) is 3.05. The van der Waals surface area contributed by atoms with Crippen LogP contribution in [0.1, 0.15) is 40.5 Å². The molecule has 0 atom stereocenters. The normalized spacial score (nSPS) is 18.7. The van der Waals surface area contributed by atoms with Gasteiger partial charge in [-0.1, -0.05) is 45.1 Å². The summed E-state index contributed by atoms with van der Waals surface area (Å²) in [5.41, 5.74) is 3.46. The van der Waals surface area contributed by atoms with Gasteiger partial charge in [-0.25, -0.2) is 0 Å². The topological polar surface area (TPSA) is 17.1 Å². The SMILES string of the molecule is C=CC1=C(/C=C(\C)C(C)(C)C)CCC1=O. The molecule has 0 aromatic heterocycles. The zero-order chi connectivity index (χ0) is 11.6. The Morgan fingerprint density at radius 3 is 2.40 bits per heavy atom. The number of hydrogen-bond donors (Lipinski definition) is 0. The summed E-state index contributed by atoms with van der Waals surface area (Å²) in [6, 6.07) is 0. The van der Waals surface area contributed by atoms with E-state index in [4.69, 9.17) is 0 Å². The van der Waals surface area contributed by atoms with Gasteiger partial charge in [0.25, 0.3) is 0 Å². The maximum atomic E-state index is 11.5. The Kier molecular flexibility index (Phi) is 3.33. The van der Waals surface area contributed by atoms with Crippen LogP contribution in [0.15, 0.2) is 35.5 Å². The molecule has 0 aliphatic heterocycles. The van der Waals surface area contributed by atoms with E-state index in [0.29, 0.717) is 6.42 Å². The van der Waals surface area contributed by atoms with Crippen LogP contribution in [0, 0.1) is 5.41 Å². The van der Waals surface area contributed by atoms with Crippen molar-refractivity contribution < 1.29 is 4.79 Å². The summed E-state index contributed by atoms with van der Waals surface area (Å²) < 4.78 is 0. The van der Waals surface area contributed by atoms with Gasteiger partial charge in [0.05, 0.1) is 0 Å². The standard InChI is InChI=1S/C14H20O/c1-6-12-11(7-8-13(12)15)9-10(2)14(3,4)5/h6,9H,1,7-8H2,2-5H3/b10-9+. The van der Waals surface area contributed by atoms with Crippen molar-refractivity contribution in [1.29, 1.82) is 0 Å². The van der Waals surface area contributed by atoms with Gasteiger partial charge in [0.15, 0.2) is 5.78 Å². The fourth-order valence-corrected chi connectivity index (χ4v) is 1.57. The van der Waals surface area contributed by atoms with E-state index in [1.807, 2.05) is 0 Å². The average Bonchev–Trinajstić information content (AvgIpc) is 2.45. The van der Waals surface area contributed by atoms with E-state index in [1.165, 1.54) is 5.57 Å². The second kappa shape index (κ2) is 4.18. The number of hydrogen-bond acceptors (Lipinski definition) is 1. The lowest BCUT2D eigenvalue weighted by atomic mass is 9.86. The molecule has 0 fully saturated rings. The van der Waals surface area contributed by atoms with Gasteiger partial charge in [0.1, 0.15) is 0 Å². The zero-order valence-corrected chi connectivity index (χ0v) is 10.2. The highest BCUT2D eigenvalue weighted by molar-refractivity contribution is 6.01. The quantitative estimate of drug-likeness (QED) is 0.668. The minimum Gasteiger partial charge on any atom is -0.294 e. The first-order valence-electron chi connectivity index (χ1n) is 5.44. The van der Waals surface area contributed by atoms with Crippen LogP contribution in [0.3, 0.4) is 0 Å². The number of allylic oxidation sites excluding steroid dienone is 5.